The molecular weight excluding hydrogens is 188 g/mol. The van der Waals surface area contributed by atoms with Gasteiger partial charge in [-0.15, -0.1) is 0 Å². The lowest BCUT2D eigenvalue weighted by molar-refractivity contribution is -0.138. The summed E-state index contributed by atoms with van der Waals surface area (Å²) < 4.78 is 9.85. The van der Waals surface area contributed by atoms with Gasteiger partial charge in [-0.05, 0) is 6.92 Å². The second-order valence-corrected chi connectivity index (χ2v) is 2.60. The fraction of sp³-hybridized carbons (Fsp3) is 0.875. The fourth-order valence-corrected chi connectivity index (χ4v) is 0.579. The second-order valence-electron chi connectivity index (χ2n) is 2.60. The van der Waals surface area contributed by atoms with E-state index in [0.717, 1.165) is 0 Å². The lowest BCUT2D eigenvalue weighted by atomic mass is 10.4. The predicted molar refractivity (Wildman–Crippen MR) is 49.5 cm³/mol. The summed E-state index contributed by atoms with van der Waals surface area (Å²) in [5, 5.41) is 15.7. The molecule has 14 heavy (non-hydrogen) atoms. The highest BCUT2D eigenvalue weighted by atomic mass is 16.5. The molecule has 0 spiro atoms. The zero-order valence-corrected chi connectivity index (χ0v) is 8.47. The van der Waals surface area contributed by atoms with Crippen molar-refractivity contribution in [2.75, 3.05) is 33.5 Å². The highest BCUT2D eigenvalue weighted by molar-refractivity contribution is 5.72. The normalized spacial score (nSPS) is 13.3. The number of ether oxygens (including phenoxy) is 2. The quantitative estimate of drug-likeness (QED) is 0.463. The van der Waals surface area contributed by atoms with Gasteiger partial charge in [0.15, 0.2) is 6.04 Å². The average molecular weight is 204 g/mol. The maximum atomic E-state index is 10.3. The molecule has 0 saturated heterocycles. The van der Waals surface area contributed by atoms with E-state index < -0.39 is 12.0 Å². The van der Waals surface area contributed by atoms with E-state index in [1.165, 1.54) is 6.92 Å². The van der Waals surface area contributed by atoms with Crippen LogP contribution in [-0.4, -0.2) is 50.6 Å². The Hall–Kier alpha value is -1.01. The molecule has 0 aliphatic carbocycles. The molecule has 1 atom stereocenters. The van der Waals surface area contributed by atoms with E-state index in [2.05, 4.69) is 10.2 Å². The van der Waals surface area contributed by atoms with Gasteiger partial charge in [0, 0.05) is 7.11 Å². The molecule has 0 saturated carbocycles. The minimum Gasteiger partial charge on any atom is -0.480 e. The van der Waals surface area contributed by atoms with Gasteiger partial charge in [0.05, 0.1) is 26.4 Å². The van der Waals surface area contributed by atoms with Crippen molar-refractivity contribution in [3.8, 4) is 0 Å². The van der Waals surface area contributed by atoms with Crippen LogP contribution in [0.25, 0.3) is 0 Å². The molecule has 6 nitrogen and oxygen atoms in total. The smallest absolute Gasteiger partial charge is 0.330 e. The molecule has 0 aromatic rings. The first-order valence-corrected chi connectivity index (χ1v) is 4.34. The molecule has 0 rings (SSSR count). The monoisotopic (exact) mass is 204 g/mol. The molecule has 0 amide bonds. The van der Waals surface area contributed by atoms with E-state index in [4.69, 9.17) is 14.6 Å². The number of rotatable bonds is 8. The first-order valence-electron chi connectivity index (χ1n) is 4.34. The van der Waals surface area contributed by atoms with Crippen LogP contribution in [-0.2, 0) is 14.3 Å². The van der Waals surface area contributed by atoms with E-state index in [0.29, 0.717) is 26.4 Å². The average Bonchev–Trinajstić information content (AvgIpc) is 2.16. The third kappa shape index (κ3) is 7.63. The molecule has 0 bridgehead atoms. The van der Waals surface area contributed by atoms with Crippen LogP contribution in [0.15, 0.2) is 10.2 Å². The van der Waals surface area contributed by atoms with E-state index in [1.54, 1.807) is 7.11 Å². The van der Waals surface area contributed by atoms with Crippen molar-refractivity contribution in [3.63, 3.8) is 0 Å². The van der Waals surface area contributed by atoms with Crippen molar-refractivity contribution in [2.45, 2.75) is 13.0 Å². The third-order valence-corrected chi connectivity index (χ3v) is 1.38. The standard InChI is InChI=1S/C8H16N2O4/c1-7(8(11)12)10-9-3-4-14-6-5-13-2/h7H,3-6H2,1-2H3,(H,11,12). The van der Waals surface area contributed by atoms with Crippen LogP contribution in [0.2, 0.25) is 0 Å². The summed E-state index contributed by atoms with van der Waals surface area (Å²) >= 11 is 0. The van der Waals surface area contributed by atoms with Crippen LogP contribution in [0.5, 0.6) is 0 Å². The Morgan fingerprint density at radius 2 is 2.14 bits per heavy atom. The first-order chi connectivity index (χ1) is 6.68. The van der Waals surface area contributed by atoms with Crippen molar-refractivity contribution < 1.29 is 19.4 Å². The molecule has 0 heterocycles. The van der Waals surface area contributed by atoms with Crippen LogP contribution in [0.4, 0.5) is 0 Å². The summed E-state index contributed by atoms with van der Waals surface area (Å²) in [7, 11) is 1.59. The minimum absolute atomic E-state index is 0.376. The Labute approximate surface area is 82.9 Å². The summed E-state index contributed by atoms with van der Waals surface area (Å²) in [6.45, 7) is 3.33. The Morgan fingerprint density at radius 1 is 1.43 bits per heavy atom. The van der Waals surface area contributed by atoms with Crippen LogP contribution in [0.3, 0.4) is 0 Å². The highest BCUT2D eigenvalue weighted by Gasteiger charge is 2.07. The van der Waals surface area contributed by atoms with Gasteiger partial charge in [0.25, 0.3) is 0 Å². The predicted octanol–water partition coefficient (Wildman–Crippen LogP) is 0.575. The Kier molecular flexibility index (Phi) is 7.96. The summed E-state index contributed by atoms with van der Waals surface area (Å²) in [6, 6.07) is -0.783. The van der Waals surface area contributed by atoms with Gasteiger partial charge in [-0.2, -0.15) is 10.2 Å². The fourth-order valence-electron chi connectivity index (χ4n) is 0.579. The molecule has 0 radical (unpaired) electrons. The summed E-state index contributed by atoms with van der Waals surface area (Å²) in [5.74, 6) is -0.978. The number of nitrogens with zero attached hydrogens (tertiary/aromatic N) is 2. The largest absolute Gasteiger partial charge is 0.480 e. The number of aliphatic carboxylic acids is 1. The number of hydrogen-bond acceptors (Lipinski definition) is 5. The second kappa shape index (κ2) is 8.58. The summed E-state index contributed by atoms with van der Waals surface area (Å²) in [5.41, 5.74) is 0. The topological polar surface area (TPSA) is 80.5 Å². The molecule has 6 heteroatoms. The number of carbonyl (C=O) groups is 1. The molecule has 0 aromatic heterocycles. The molecule has 0 aromatic carbocycles. The number of carboxylic acids is 1. The van der Waals surface area contributed by atoms with E-state index in [1.807, 2.05) is 0 Å². The number of methoxy groups -OCH3 is 1. The summed E-state index contributed by atoms with van der Waals surface area (Å²) in [4.78, 5) is 10.3. The van der Waals surface area contributed by atoms with E-state index >= 15 is 0 Å². The third-order valence-electron chi connectivity index (χ3n) is 1.38. The Balaban J connectivity index is 3.31. The van der Waals surface area contributed by atoms with Crippen LogP contribution < -0.4 is 0 Å². The van der Waals surface area contributed by atoms with Crippen LogP contribution >= 0.6 is 0 Å². The van der Waals surface area contributed by atoms with Crippen molar-refractivity contribution in [1.82, 2.24) is 0 Å². The zero-order valence-electron chi connectivity index (χ0n) is 8.47. The molecule has 1 N–H and O–H groups in total. The van der Waals surface area contributed by atoms with Crippen molar-refractivity contribution >= 4 is 5.97 Å². The van der Waals surface area contributed by atoms with Crippen LogP contribution in [0.1, 0.15) is 6.92 Å². The molecule has 1 unspecified atom stereocenters. The molecule has 0 fully saturated rings. The van der Waals surface area contributed by atoms with Gasteiger partial charge >= 0.3 is 5.97 Å². The Morgan fingerprint density at radius 3 is 2.71 bits per heavy atom. The van der Waals surface area contributed by atoms with Crippen molar-refractivity contribution in [1.29, 1.82) is 0 Å². The van der Waals surface area contributed by atoms with Gasteiger partial charge in [0.2, 0.25) is 0 Å². The van der Waals surface area contributed by atoms with Gasteiger partial charge in [0.1, 0.15) is 0 Å². The van der Waals surface area contributed by atoms with E-state index in [9.17, 15) is 4.79 Å². The lowest BCUT2D eigenvalue weighted by Crippen LogP contribution is -2.12. The number of carboxylic acid groups (broad SMARTS) is 1. The van der Waals surface area contributed by atoms with Gasteiger partial charge in [-0.25, -0.2) is 4.79 Å². The number of hydrogen-bond donors (Lipinski definition) is 1. The molecular formula is C8H16N2O4. The molecule has 0 aliphatic heterocycles. The maximum Gasteiger partial charge on any atom is 0.330 e. The molecule has 0 aliphatic rings. The van der Waals surface area contributed by atoms with E-state index in [-0.39, 0.29) is 0 Å². The minimum atomic E-state index is -0.978. The number of azo groups is 1. The van der Waals surface area contributed by atoms with Crippen LogP contribution in [0, 0.1) is 0 Å². The van der Waals surface area contributed by atoms with Gasteiger partial charge in [-0.1, -0.05) is 0 Å². The van der Waals surface area contributed by atoms with Gasteiger partial charge < -0.3 is 14.6 Å². The summed E-state index contributed by atoms with van der Waals surface area (Å²) in [6.07, 6.45) is 0. The lowest BCUT2D eigenvalue weighted by Gasteiger charge is -2.00. The maximum absolute atomic E-state index is 10.3. The SMILES string of the molecule is COCCOCCN=NC(C)C(=O)O. The van der Waals surface area contributed by atoms with Gasteiger partial charge in [-0.3, -0.25) is 0 Å². The van der Waals surface area contributed by atoms with Crippen molar-refractivity contribution in [3.05, 3.63) is 0 Å². The Bertz CT molecular complexity index is 184. The zero-order chi connectivity index (χ0) is 10.8. The highest BCUT2D eigenvalue weighted by Crippen LogP contribution is 1.90. The first kappa shape index (κ1) is 13.0. The van der Waals surface area contributed by atoms with Crippen molar-refractivity contribution in [2.24, 2.45) is 10.2 Å². The molecule has 82 valence electrons.